The lowest BCUT2D eigenvalue weighted by Crippen LogP contribution is -2.21. The predicted molar refractivity (Wildman–Crippen MR) is 137 cm³/mol. The van der Waals surface area contributed by atoms with Crippen LogP contribution < -0.4 is 4.74 Å². The Kier molecular flexibility index (Phi) is 7.56. The van der Waals surface area contributed by atoms with Crippen LogP contribution in [-0.2, 0) is 6.54 Å². The number of benzene rings is 3. The second kappa shape index (κ2) is 10.5. The van der Waals surface area contributed by atoms with Crippen molar-refractivity contribution in [2.75, 3.05) is 14.1 Å². The number of fused-ring (bicyclic) bond motifs is 1. The van der Waals surface area contributed by atoms with Gasteiger partial charge in [0.1, 0.15) is 11.4 Å². The van der Waals surface area contributed by atoms with Gasteiger partial charge in [-0.2, -0.15) is 0 Å². The van der Waals surface area contributed by atoms with Crippen LogP contribution in [0.5, 0.6) is 5.75 Å². The molecule has 6 nitrogen and oxygen atoms in total. The van der Waals surface area contributed by atoms with Crippen molar-refractivity contribution in [2.24, 2.45) is 0 Å². The number of aromatic nitrogens is 1. The van der Waals surface area contributed by atoms with Crippen LogP contribution in [0.1, 0.15) is 26.4 Å². The van der Waals surface area contributed by atoms with E-state index in [4.69, 9.17) is 0 Å². The van der Waals surface area contributed by atoms with Gasteiger partial charge < -0.3 is 19.3 Å². The van der Waals surface area contributed by atoms with Gasteiger partial charge in [-0.3, -0.25) is 4.79 Å². The standard InChI is InChI=1S/C26H20BrF3N2O4S/c1-31(2)24(33)16-8-6-15(7-9-16)14-32-22-12-19(11-21(27)20(22)13-23(32)25(34)35)37-18-5-3-4-17(10-18)36-26(28,29)30/h3-13H,14H2,1-2H3,(H,34,35). The predicted octanol–water partition coefficient (Wildman–Crippen LogP) is 6.90. The van der Waals surface area contributed by atoms with Crippen molar-refractivity contribution in [1.82, 2.24) is 9.47 Å². The maximum absolute atomic E-state index is 12.6. The smallest absolute Gasteiger partial charge is 0.477 e. The van der Waals surface area contributed by atoms with Crippen LogP contribution in [0.2, 0.25) is 0 Å². The van der Waals surface area contributed by atoms with Gasteiger partial charge in [0.15, 0.2) is 0 Å². The van der Waals surface area contributed by atoms with E-state index < -0.39 is 12.3 Å². The van der Waals surface area contributed by atoms with Gasteiger partial charge >= 0.3 is 12.3 Å². The number of carbonyl (C=O) groups excluding carboxylic acids is 1. The van der Waals surface area contributed by atoms with Gasteiger partial charge in [0.05, 0.1) is 5.52 Å². The third-order valence-electron chi connectivity index (χ3n) is 5.39. The minimum atomic E-state index is -4.79. The van der Waals surface area contributed by atoms with Crippen LogP contribution in [0, 0.1) is 0 Å². The van der Waals surface area contributed by atoms with E-state index in [1.807, 2.05) is 0 Å². The number of ether oxygens (including phenoxy) is 1. The van der Waals surface area contributed by atoms with E-state index in [1.165, 1.54) is 34.9 Å². The number of rotatable bonds is 7. The summed E-state index contributed by atoms with van der Waals surface area (Å²) in [4.78, 5) is 26.9. The van der Waals surface area contributed by atoms with Crippen molar-refractivity contribution < 1.29 is 32.6 Å². The Balaban J connectivity index is 1.70. The van der Waals surface area contributed by atoms with Crippen molar-refractivity contribution >= 4 is 50.5 Å². The molecule has 4 aromatic rings. The molecule has 0 unspecified atom stereocenters. The normalized spacial score (nSPS) is 11.5. The Morgan fingerprint density at radius 3 is 2.35 bits per heavy atom. The Labute approximate surface area is 222 Å². The minimum absolute atomic E-state index is 0.0758. The second-order valence-corrected chi connectivity index (χ2v) is 10.3. The first kappa shape index (κ1) is 26.6. The summed E-state index contributed by atoms with van der Waals surface area (Å²) in [6.07, 6.45) is -4.79. The minimum Gasteiger partial charge on any atom is -0.477 e. The number of alkyl halides is 3. The Hall–Kier alpha value is -3.44. The van der Waals surface area contributed by atoms with E-state index in [1.54, 1.807) is 67.2 Å². The quantitative estimate of drug-likeness (QED) is 0.253. The maximum Gasteiger partial charge on any atom is 0.573 e. The van der Waals surface area contributed by atoms with Gasteiger partial charge in [-0.15, -0.1) is 13.2 Å². The largest absolute Gasteiger partial charge is 0.573 e. The molecule has 1 amide bonds. The molecular weight excluding hydrogens is 573 g/mol. The summed E-state index contributed by atoms with van der Waals surface area (Å²) >= 11 is 4.72. The average Bonchev–Trinajstić information content (AvgIpc) is 3.17. The van der Waals surface area contributed by atoms with Gasteiger partial charge in [0.25, 0.3) is 5.91 Å². The molecular formula is C26H20BrF3N2O4S. The maximum atomic E-state index is 12.6. The molecule has 0 bridgehead atoms. The molecule has 3 aromatic carbocycles. The van der Waals surface area contributed by atoms with Crippen molar-refractivity contribution in [3.63, 3.8) is 0 Å². The number of carboxylic acids is 1. The summed E-state index contributed by atoms with van der Waals surface area (Å²) in [6.45, 7) is 0.233. The first-order chi connectivity index (χ1) is 17.4. The van der Waals surface area contributed by atoms with Gasteiger partial charge in [-0.1, -0.05) is 45.9 Å². The Morgan fingerprint density at radius 1 is 1.03 bits per heavy atom. The van der Waals surface area contributed by atoms with Gasteiger partial charge in [-0.25, -0.2) is 4.79 Å². The van der Waals surface area contributed by atoms with E-state index in [9.17, 15) is 27.9 Å². The zero-order chi connectivity index (χ0) is 26.9. The summed E-state index contributed by atoms with van der Waals surface area (Å²) in [7, 11) is 3.32. The monoisotopic (exact) mass is 592 g/mol. The molecule has 0 saturated heterocycles. The van der Waals surface area contributed by atoms with Crippen molar-refractivity contribution in [2.45, 2.75) is 22.7 Å². The van der Waals surface area contributed by atoms with Crippen LogP contribution in [0.25, 0.3) is 10.9 Å². The van der Waals surface area contributed by atoms with Crippen LogP contribution in [0.15, 0.2) is 81.0 Å². The van der Waals surface area contributed by atoms with Crippen LogP contribution in [-0.4, -0.2) is 46.9 Å². The summed E-state index contributed by atoms with van der Waals surface area (Å²) in [5.41, 5.74) is 2.02. The third-order valence-corrected chi connectivity index (χ3v) is 7.00. The number of carbonyl (C=O) groups is 2. The van der Waals surface area contributed by atoms with Crippen LogP contribution in [0.4, 0.5) is 13.2 Å². The fraction of sp³-hybridized carbons (Fsp3) is 0.154. The number of halogens is 4. The zero-order valence-corrected chi connectivity index (χ0v) is 21.9. The number of nitrogens with zero attached hydrogens (tertiary/aromatic N) is 2. The van der Waals surface area contributed by atoms with Gasteiger partial charge in [0, 0.05) is 45.9 Å². The highest BCUT2D eigenvalue weighted by molar-refractivity contribution is 9.10. The van der Waals surface area contributed by atoms with Crippen molar-refractivity contribution in [3.05, 3.63) is 88.0 Å². The molecule has 0 aliphatic heterocycles. The highest BCUT2D eigenvalue weighted by Crippen LogP contribution is 2.37. The van der Waals surface area contributed by atoms with E-state index >= 15 is 0 Å². The number of amides is 1. The SMILES string of the molecule is CN(C)C(=O)c1ccc(Cn2c(C(=O)O)cc3c(Br)cc(Sc4cccc(OC(F)(F)F)c4)cc32)cc1. The summed E-state index contributed by atoms with van der Waals surface area (Å²) in [5, 5.41) is 10.5. The molecule has 0 aliphatic carbocycles. The molecule has 1 N–H and O–H groups in total. The van der Waals surface area contributed by atoms with Crippen LogP contribution in [0.3, 0.4) is 0 Å². The lowest BCUT2D eigenvalue weighted by molar-refractivity contribution is -0.274. The molecule has 37 heavy (non-hydrogen) atoms. The number of carboxylic acid groups (broad SMARTS) is 1. The zero-order valence-electron chi connectivity index (χ0n) is 19.5. The molecule has 1 aromatic heterocycles. The van der Waals surface area contributed by atoms with Gasteiger partial charge in [0.2, 0.25) is 0 Å². The second-order valence-electron chi connectivity index (χ2n) is 8.28. The molecule has 0 saturated carbocycles. The van der Waals surface area contributed by atoms with Gasteiger partial charge in [-0.05, 0) is 54.1 Å². The molecule has 0 radical (unpaired) electrons. The fourth-order valence-corrected chi connectivity index (χ4v) is 5.42. The summed E-state index contributed by atoms with van der Waals surface area (Å²) < 4.78 is 44.1. The molecule has 4 rings (SSSR count). The summed E-state index contributed by atoms with van der Waals surface area (Å²) in [5.74, 6) is -1.57. The highest BCUT2D eigenvalue weighted by Gasteiger charge is 2.31. The molecule has 11 heteroatoms. The highest BCUT2D eigenvalue weighted by atomic mass is 79.9. The topological polar surface area (TPSA) is 71.8 Å². The van der Waals surface area contributed by atoms with E-state index in [0.717, 1.165) is 5.56 Å². The molecule has 1 heterocycles. The van der Waals surface area contributed by atoms with E-state index in [2.05, 4.69) is 20.7 Å². The lowest BCUT2D eigenvalue weighted by atomic mass is 10.1. The molecule has 192 valence electrons. The van der Waals surface area contributed by atoms with Crippen molar-refractivity contribution in [3.8, 4) is 5.75 Å². The first-order valence-corrected chi connectivity index (χ1v) is 12.4. The van der Waals surface area contributed by atoms with Crippen LogP contribution >= 0.6 is 27.7 Å². The molecule has 0 atom stereocenters. The Morgan fingerprint density at radius 2 is 1.73 bits per heavy atom. The summed E-state index contributed by atoms with van der Waals surface area (Å²) in [6, 6.07) is 17.7. The molecule has 0 spiro atoms. The van der Waals surface area contributed by atoms with Crippen molar-refractivity contribution in [1.29, 1.82) is 0 Å². The number of hydrogen-bond donors (Lipinski definition) is 1. The first-order valence-electron chi connectivity index (χ1n) is 10.8. The molecule has 0 fully saturated rings. The molecule has 0 aliphatic rings. The number of aromatic carboxylic acids is 1. The lowest BCUT2D eigenvalue weighted by Gasteiger charge is -2.13. The van der Waals surface area contributed by atoms with E-state index in [-0.39, 0.29) is 23.9 Å². The number of hydrogen-bond acceptors (Lipinski definition) is 4. The van der Waals surface area contributed by atoms with E-state index in [0.29, 0.717) is 30.7 Å². The average molecular weight is 593 g/mol. The Bertz CT molecular complexity index is 1480. The fourth-order valence-electron chi connectivity index (χ4n) is 3.76. The third kappa shape index (κ3) is 6.28.